The van der Waals surface area contributed by atoms with Crippen LogP contribution in [0.1, 0.15) is 13.8 Å². The molecule has 0 aromatic rings. The van der Waals surface area contributed by atoms with Crippen LogP contribution in [0.3, 0.4) is 0 Å². The Hall–Kier alpha value is 0.310. The zero-order valence-corrected chi connectivity index (χ0v) is 9.56. The van der Waals surface area contributed by atoms with Crippen molar-refractivity contribution in [3.63, 3.8) is 0 Å². The van der Waals surface area contributed by atoms with Crippen molar-refractivity contribution in [1.29, 1.82) is 0 Å². The number of halogens is 3. The topological polar surface area (TPSA) is 12.0 Å². The highest BCUT2D eigenvalue weighted by molar-refractivity contribution is 6.29. The molecular weight excluding hydrogens is 216 g/mol. The van der Waals surface area contributed by atoms with Crippen molar-refractivity contribution < 1.29 is 0 Å². The summed E-state index contributed by atoms with van der Waals surface area (Å²) in [5, 5.41) is 4.75. The number of hydrogen-bond acceptors (Lipinski definition) is 1. The van der Waals surface area contributed by atoms with Crippen molar-refractivity contribution in [2.75, 3.05) is 13.1 Å². The van der Waals surface area contributed by atoms with Crippen LogP contribution in [0.25, 0.3) is 0 Å². The first kappa shape index (κ1) is 14.8. The maximum Gasteiger partial charge on any atom is 0.0152 e. The van der Waals surface area contributed by atoms with Gasteiger partial charge in [-0.1, -0.05) is 35.4 Å². The molecule has 0 unspecified atom stereocenters. The van der Waals surface area contributed by atoms with E-state index in [1.54, 1.807) is 0 Å². The van der Waals surface area contributed by atoms with Gasteiger partial charge in [-0.05, 0) is 13.8 Å². The minimum Gasteiger partial charge on any atom is -0.310 e. The van der Waals surface area contributed by atoms with Crippen molar-refractivity contribution in [1.82, 2.24) is 5.32 Å². The SMILES string of the molecule is C/C(Cl)=C/CNC/C=C(\C)Cl.Cl. The molecular formula is C8H14Cl3N. The summed E-state index contributed by atoms with van der Waals surface area (Å²) in [4.78, 5) is 0. The molecule has 1 N–H and O–H groups in total. The lowest BCUT2D eigenvalue weighted by molar-refractivity contribution is 0.839. The van der Waals surface area contributed by atoms with Crippen LogP contribution < -0.4 is 5.32 Å². The molecule has 0 saturated carbocycles. The molecule has 12 heavy (non-hydrogen) atoms. The molecule has 0 radical (unpaired) electrons. The Labute approximate surface area is 90.2 Å². The van der Waals surface area contributed by atoms with Crippen molar-refractivity contribution >= 4 is 35.6 Å². The van der Waals surface area contributed by atoms with E-state index in [4.69, 9.17) is 23.2 Å². The van der Waals surface area contributed by atoms with E-state index in [2.05, 4.69) is 5.32 Å². The van der Waals surface area contributed by atoms with Crippen LogP contribution in [0.15, 0.2) is 22.2 Å². The van der Waals surface area contributed by atoms with E-state index >= 15 is 0 Å². The predicted molar refractivity (Wildman–Crippen MR) is 59.3 cm³/mol. The summed E-state index contributed by atoms with van der Waals surface area (Å²) in [6, 6.07) is 0. The lowest BCUT2D eigenvalue weighted by atomic mass is 10.4. The van der Waals surface area contributed by atoms with Crippen LogP contribution in [0, 0.1) is 0 Å². The lowest BCUT2D eigenvalue weighted by Gasteiger charge is -1.95. The second kappa shape index (κ2) is 9.40. The molecule has 0 rings (SSSR count). The standard InChI is InChI=1S/C8H13Cl2N.ClH/c1-7(9)3-5-11-6-4-8(2)10;/h3-4,11H,5-6H2,1-2H3;1H/b7-3-,8-4+;. The first-order valence-corrected chi connectivity index (χ1v) is 4.23. The Morgan fingerprint density at radius 3 is 1.67 bits per heavy atom. The van der Waals surface area contributed by atoms with Crippen LogP contribution in [0.5, 0.6) is 0 Å². The number of nitrogens with one attached hydrogen (secondary N) is 1. The molecule has 0 aliphatic rings. The van der Waals surface area contributed by atoms with Gasteiger partial charge in [0.2, 0.25) is 0 Å². The summed E-state index contributed by atoms with van der Waals surface area (Å²) < 4.78 is 0. The van der Waals surface area contributed by atoms with Crippen molar-refractivity contribution in [2.24, 2.45) is 0 Å². The van der Waals surface area contributed by atoms with Crippen molar-refractivity contribution in [2.45, 2.75) is 13.8 Å². The molecule has 0 bridgehead atoms. The molecule has 0 aromatic heterocycles. The van der Waals surface area contributed by atoms with Crippen molar-refractivity contribution in [3.05, 3.63) is 22.2 Å². The van der Waals surface area contributed by atoms with Crippen LogP contribution in [-0.2, 0) is 0 Å². The Morgan fingerprint density at radius 2 is 1.42 bits per heavy atom. The zero-order chi connectivity index (χ0) is 8.69. The predicted octanol–water partition coefficient (Wildman–Crippen LogP) is 3.28. The second-order valence-electron chi connectivity index (χ2n) is 2.24. The van der Waals surface area contributed by atoms with E-state index in [0.717, 1.165) is 23.2 Å². The van der Waals surface area contributed by atoms with Gasteiger partial charge >= 0.3 is 0 Å². The highest BCUT2D eigenvalue weighted by Gasteiger charge is 1.82. The molecule has 0 aromatic carbocycles. The lowest BCUT2D eigenvalue weighted by Crippen LogP contribution is -2.13. The summed E-state index contributed by atoms with van der Waals surface area (Å²) in [5.74, 6) is 0. The zero-order valence-electron chi connectivity index (χ0n) is 7.23. The third-order valence-corrected chi connectivity index (χ3v) is 1.36. The van der Waals surface area contributed by atoms with E-state index < -0.39 is 0 Å². The van der Waals surface area contributed by atoms with Gasteiger partial charge < -0.3 is 5.32 Å². The molecule has 0 fully saturated rings. The fourth-order valence-electron chi connectivity index (χ4n) is 0.509. The van der Waals surface area contributed by atoms with Crippen molar-refractivity contribution in [3.8, 4) is 0 Å². The summed E-state index contributed by atoms with van der Waals surface area (Å²) >= 11 is 11.2. The Morgan fingerprint density at radius 1 is 1.08 bits per heavy atom. The molecule has 0 aliphatic carbocycles. The Kier molecular flexibility index (Phi) is 11.6. The third kappa shape index (κ3) is 12.9. The molecule has 0 aliphatic heterocycles. The van der Waals surface area contributed by atoms with Crippen LogP contribution in [0.4, 0.5) is 0 Å². The number of rotatable bonds is 4. The molecule has 0 atom stereocenters. The average molecular weight is 231 g/mol. The minimum absolute atomic E-state index is 0. The second-order valence-corrected chi connectivity index (χ2v) is 3.43. The van der Waals surface area contributed by atoms with Gasteiger partial charge in [-0.2, -0.15) is 0 Å². The van der Waals surface area contributed by atoms with E-state index in [-0.39, 0.29) is 12.4 Å². The third-order valence-electron chi connectivity index (χ3n) is 1.06. The minimum atomic E-state index is 0. The molecule has 1 nitrogen and oxygen atoms in total. The van der Waals surface area contributed by atoms with E-state index in [9.17, 15) is 0 Å². The summed E-state index contributed by atoms with van der Waals surface area (Å²) in [6.45, 7) is 5.28. The smallest absolute Gasteiger partial charge is 0.0152 e. The van der Waals surface area contributed by atoms with Gasteiger partial charge in [-0.25, -0.2) is 0 Å². The molecule has 72 valence electrons. The van der Waals surface area contributed by atoms with Gasteiger partial charge in [-0.3, -0.25) is 0 Å². The number of hydrogen-bond donors (Lipinski definition) is 1. The van der Waals surface area contributed by atoms with E-state index in [1.807, 2.05) is 26.0 Å². The summed E-state index contributed by atoms with van der Waals surface area (Å²) in [6.07, 6.45) is 3.83. The van der Waals surface area contributed by atoms with Crippen LogP contribution >= 0.6 is 35.6 Å². The summed E-state index contributed by atoms with van der Waals surface area (Å²) in [5.41, 5.74) is 0. The van der Waals surface area contributed by atoms with Gasteiger partial charge in [0, 0.05) is 23.2 Å². The molecule has 0 spiro atoms. The summed E-state index contributed by atoms with van der Waals surface area (Å²) in [7, 11) is 0. The Bertz CT molecular complexity index is 138. The highest BCUT2D eigenvalue weighted by atomic mass is 35.5. The van der Waals surface area contributed by atoms with Gasteiger partial charge in [-0.15, -0.1) is 12.4 Å². The Balaban J connectivity index is 0. The van der Waals surface area contributed by atoms with E-state index in [1.165, 1.54) is 0 Å². The van der Waals surface area contributed by atoms with Crippen LogP contribution in [-0.4, -0.2) is 13.1 Å². The van der Waals surface area contributed by atoms with E-state index in [0.29, 0.717) is 0 Å². The van der Waals surface area contributed by atoms with Crippen LogP contribution in [0.2, 0.25) is 0 Å². The highest BCUT2D eigenvalue weighted by Crippen LogP contribution is 1.96. The fraction of sp³-hybridized carbons (Fsp3) is 0.500. The molecule has 4 heteroatoms. The monoisotopic (exact) mass is 229 g/mol. The van der Waals surface area contributed by atoms with Gasteiger partial charge in [0.05, 0.1) is 0 Å². The first-order chi connectivity index (χ1) is 5.13. The maximum absolute atomic E-state index is 5.60. The maximum atomic E-state index is 5.60. The fourth-order valence-corrected chi connectivity index (χ4v) is 0.663. The van der Waals surface area contributed by atoms with Gasteiger partial charge in [0.25, 0.3) is 0 Å². The number of allylic oxidation sites excluding steroid dienone is 2. The van der Waals surface area contributed by atoms with Gasteiger partial charge in [0.15, 0.2) is 0 Å². The largest absolute Gasteiger partial charge is 0.310 e. The molecule has 0 amide bonds. The average Bonchev–Trinajstić information content (AvgIpc) is 1.85. The van der Waals surface area contributed by atoms with Gasteiger partial charge in [0.1, 0.15) is 0 Å². The normalized spacial score (nSPS) is 12.7. The molecule has 0 saturated heterocycles. The first-order valence-electron chi connectivity index (χ1n) is 3.48. The molecule has 0 heterocycles. The quantitative estimate of drug-likeness (QED) is 0.731.